The Hall–Kier alpha value is -2.03. The molecule has 1 aromatic carbocycles. The van der Waals surface area contributed by atoms with E-state index in [2.05, 4.69) is 0 Å². The number of likely N-dealkylation sites (tertiary alicyclic amines) is 1. The summed E-state index contributed by atoms with van der Waals surface area (Å²) in [5.74, 6) is 0.672. The highest BCUT2D eigenvalue weighted by Crippen LogP contribution is 2.21. The summed E-state index contributed by atoms with van der Waals surface area (Å²) in [7, 11) is 0. The van der Waals surface area contributed by atoms with Crippen LogP contribution in [0, 0.1) is 0 Å². The molecule has 0 bridgehead atoms. The Morgan fingerprint density at radius 1 is 1.29 bits per heavy atom. The maximum absolute atomic E-state index is 12.3. The van der Waals surface area contributed by atoms with Gasteiger partial charge in [0.1, 0.15) is 0 Å². The van der Waals surface area contributed by atoms with Crippen LogP contribution in [-0.4, -0.2) is 70.8 Å². The molecule has 1 aliphatic heterocycles. The van der Waals surface area contributed by atoms with Crippen molar-refractivity contribution in [2.24, 2.45) is 0 Å². The van der Waals surface area contributed by atoms with E-state index in [1.54, 1.807) is 37.8 Å². The van der Waals surface area contributed by atoms with Crippen LogP contribution < -0.4 is 0 Å². The topological polar surface area (TPSA) is 93.1 Å². The second-order valence-electron chi connectivity index (χ2n) is 8.39. The number of amides is 1. The SMILES string of the molecule is CC(C)OC(=O)COC(=O)CCCSCCN1C(=O)CC[C@@H]1/C=C/[C@@H](O)Cc1cccc(Cl)c1. The Bertz CT molecular complexity index is 846. The Kier molecular flexibility index (Phi) is 12.5. The molecular formula is C25H34ClNO6S. The van der Waals surface area contributed by atoms with Gasteiger partial charge < -0.3 is 19.5 Å². The fraction of sp³-hybridized carbons (Fsp3) is 0.560. The summed E-state index contributed by atoms with van der Waals surface area (Å²) in [5.41, 5.74) is 0.958. The van der Waals surface area contributed by atoms with Crippen LogP contribution in [0.2, 0.25) is 5.02 Å². The van der Waals surface area contributed by atoms with Crippen LogP contribution in [0.4, 0.5) is 0 Å². The van der Waals surface area contributed by atoms with Gasteiger partial charge in [-0.15, -0.1) is 0 Å². The van der Waals surface area contributed by atoms with E-state index in [0.717, 1.165) is 23.5 Å². The normalized spacial score (nSPS) is 16.9. The van der Waals surface area contributed by atoms with E-state index in [1.807, 2.05) is 29.2 Å². The quantitative estimate of drug-likeness (QED) is 0.231. The third kappa shape index (κ3) is 10.9. The molecule has 1 N–H and O–H groups in total. The van der Waals surface area contributed by atoms with Crippen LogP contribution in [-0.2, 0) is 30.3 Å². The largest absolute Gasteiger partial charge is 0.460 e. The van der Waals surface area contributed by atoms with Gasteiger partial charge in [-0.05, 0) is 50.1 Å². The van der Waals surface area contributed by atoms with Crippen LogP contribution in [0.25, 0.3) is 0 Å². The molecule has 0 radical (unpaired) electrons. The number of carbonyl (C=O) groups excluding carboxylic acids is 3. The van der Waals surface area contributed by atoms with Gasteiger partial charge in [-0.2, -0.15) is 11.8 Å². The number of rotatable bonds is 14. The molecule has 0 spiro atoms. The van der Waals surface area contributed by atoms with E-state index in [9.17, 15) is 19.5 Å². The molecule has 1 saturated heterocycles. The van der Waals surface area contributed by atoms with Crippen LogP contribution in [0.5, 0.6) is 0 Å². The first kappa shape index (κ1) is 28.2. The van der Waals surface area contributed by atoms with Gasteiger partial charge in [0.15, 0.2) is 6.61 Å². The van der Waals surface area contributed by atoms with E-state index in [1.165, 1.54) is 0 Å². The zero-order valence-electron chi connectivity index (χ0n) is 19.8. The van der Waals surface area contributed by atoms with Crippen molar-refractivity contribution in [3.8, 4) is 0 Å². The molecule has 0 aliphatic carbocycles. The molecule has 1 aliphatic rings. The molecule has 7 nitrogen and oxygen atoms in total. The number of esters is 2. The molecule has 0 saturated carbocycles. The molecule has 1 fully saturated rings. The summed E-state index contributed by atoms with van der Waals surface area (Å²) in [5, 5.41) is 11.0. The fourth-order valence-corrected chi connectivity index (χ4v) is 4.66. The van der Waals surface area contributed by atoms with Gasteiger partial charge in [-0.25, -0.2) is 4.79 Å². The number of nitrogens with zero attached hydrogens (tertiary/aromatic N) is 1. The third-order valence-electron chi connectivity index (χ3n) is 5.13. The van der Waals surface area contributed by atoms with E-state index in [-0.39, 0.29) is 31.1 Å². The summed E-state index contributed by atoms with van der Waals surface area (Å²) >= 11 is 7.66. The van der Waals surface area contributed by atoms with E-state index < -0.39 is 18.0 Å². The van der Waals surface area contributed by atoms with Crippen LogP contribution in [0.1, 0.15) is 45.1 Å². The molecule has 34 heavy (non-hydrogen) atoms. The minimum Gasteiger partial charge on any atom is -0.460 e. The highest BCUT2D eigenvalue weighted by Gasteiger charge is 2.28. The Balaban J connectivity index is 1.63. The highest BCUT2D eigenvalue weighted by molar-refractivity contribution is 7.99. The zero-order chi connectivity index (χ0) is 24.9. The summed E-state index contributed by atoms with van der Waals surface area (Å²) in [4.78, 5) is 37.2. The molecule has 0 unspecified atom stereocenters. The molecule has 2 atom stereocenters. The lowest BCUT2D eigenvalue weighted by atomic mass is 10.1. The van der Waals surface area contributed by atoms with E-state index >= 15 is 0 Å². The Morgan fingerprint density at radius 3 is 2.82 bits per heavy atom. The van der Waals surface area contributed by atoms with Crippen molar-refractivity contribution >= 4 is 41.2 Å². The maximum Gasteiger partial charge on any atom is 0.344 e. The third-order valence-corrected chi connectivity index (χ3v) is 6.41. The summed E-state index contributed by atoms with van der Waals surface area (Å²) < 4.78 is 9.81. The first-order chi connectivity index (χ1) is 16.2. The van der Waals surface area contributed by atoms with E-state index in [0.29, 0.717) is 30.8 Å². The van der Waals surface area contributed by atoms with Crippen molar-refractivity contribution < 1.29 is 29.0 Å². The lowest BCUT2D eigenvalue weighted by Gasteiger charge is -2.22. The zero-order valence-corrected chi connectivity index (χ0v) is 21.4. The number of hydrogen-bond donors (Lipinski definition) is 1. The minimum atomic E-state index is -0.641. The predicted octanol–water partition coefficient (Wildman–Crippen LogP) is 3.80. The lowest BCUT2D eigenvalue weighted by molar-refractivity contribution is -0.161. The van der Waals surface area contributed by atoms with Crippen molar-refractivity contribution in [2.45, 2.75) is 64.2 Å². The number of thioether (sulfide) groups is 1. The first-order valence-electron chi connectivity index (χ1n) is 11.6. The summed E-state index contributed by atoms with van der Waals surface area (Å²) in [6.45, 7) is 3.73. The number of hydrogen-bond acceptors (Lipinski definition) is 7. The number of benzene rings is 1. The maximum atomic E-state index is 12.3. The molecule has 9 heteroatoms. The lowest BCUT2D eigenvalue weighted by Crippen LogP contribution is -2.34. The minimum absolute atomic E-state index is 0.0114. The van der Waals surface area contributed by atoms with Gasteiger partial charge in [0, 0.05) is 36.6 Å². The Labute approximate surface area is 210 Å². The second-order valence-corrected chi connectivity index (χ2v) is 10.1. The number of carbonyl (C=O) groups is 3. The van der Waals surface area contributed by atoms with Crippen molar-refractivity contribution in [3.63, 3.8) is 0 Å². The molecule has 1 aromatic rings. The molecule has 188 valence electrons. The number of ether oxygens (including phenoxy) is 2. The van der Waals surface area contributed by atoms with E-state index in [4.69, 9.17) is 21.1 Å². The van der Waals surface area contributed by atoms with Gasteiger partial charge in [0.25, 0.3) is 0 Å². The molecule has 2 rings (SSSR count). The van der Waals surface area contributed by atoms with Crippen molar-refractivity contribution in [1.29, 1.82) is 0 Å². The predicted molar refractivity (Wildman–Crippen MR) is 134 cm³/mol. The average Bonchev–Trinajstić information content (AvgIpc) is 3.12. The molecule has 0 aromatic heterocycles. The number of aliphatic hydroxyl groups is 1. The van der Waals surface area contributed by atoms with Crippen LogP contribution >= 0.6 is 23.4 Å². The van der Waals surface area contributed by atoms with Crippen molar-refractivity contribution in [3.05, 3.63) is 47.0 Å². The number of aliphatic hydroxyl groups excluding tert-OH is 1. The van der Waals surface area contributed by atoms with Gasteiger partial charge >= 0.3 is 11.9 Å². The standard InChI is InChI=1S/C25H34ClNO6S/c1-18(2)33-25(31)17-32-24(30)7-4-13-34-14-12-27-21(9-11-23(27)29)8-10-22(28)16-19-5-3-6-20(26)15-19/h3,5-6,8,10,15,18,21-22,28H,4,7,9,11-14,16-17H2,1-2H3/b10-8+/t21-,22+/m0/s1. The second kappa shape index (κ2) is 15.1. The van der Waals surface area contributed by atoms with Gasteiger partial charge in [0.05, 0.1) is 18.2 Å². The van der Waals surface area contributed by atoms with Gasteiger partial charge in [0.2, 0.25) is 5.91 Å². The smallest absolute Gasteiger partial charge is 0.344 e. The van der Waals surface area contributed by atoms with Crippen molar-refractivity contribution in [2.75, 3.05) is 24.7 Å². The molecule has 1 amide bonds. The monoisotopic (exact) mass is 511 g/mol. The average molecular weight is 512 g/mol. The first-order valence-corrected chi connectivity index (χ1v) is 13.1. The molecular weight excluding hydrogens is 478 g/mol. The van der Waals surface area contributed by atoms with Crippen LogP contribution in [0.3, 0.4) is 0 Å². The van der Waals surface area contributed by atoms with Crippen molar-refractivity contribution in [1.82, 2.24) is 4.90 Å². The summed E-state index contributed by atoms with van der Waals surface area (Å²) in [6, 6.07) is 7.40. The van der Waals surface area contributed by atoms with Gasteiger partial charge in [-0.3, -0.25) is 9.59 Å². The summed E-state index contributed by atoms with van der Waals surface area (Å²) in [6.07, 6.45) is 5.39. The fourth-order valence-electron chi connectivity index (χ4n) is 3.57. The Morgan fingerprint density at radius 2 is 2.09 bits per heavy atom. The number of halogens is 1. The van der Waals surface area contributed by atoms with Crippen LogP contribution in [0.15, 0.2) is 36.4 Å². The molecule has 1 heterocycles. The van der Waals surface area contributed by atoms with Gasteiger partial charge in [-0.1, -0.05) is 35.9 Å². The highest BCUT2D eigenvalue weighted by atomic mass is 35.5.